The highest BCUT2D eigenvalue weighted by Gasteiger charge is 2.26. The maximum atomic E-state index is 5.31. The van der Waals surface area contributed by atoms with Crippen LogP contribution < -0.4 is 10.1 Å². The van der Waals surface area contributed by atoms with Crippen LogP contribution in [-0.4, -0.2) is 18.9 Å². The molecule has 0 saturated heterocycles. The highest BCUT2D eigenvalue weighted by molar-refractivity contribution is 7.99. The van der Waals surface area contributed by atoms with Crippen LogP contribution in [0.1, 0.15) is 31.0 Å². The molecular formula is C13H19NOS. The molecule has 0 bridgehead atoms. The fourth-order valence-corrected chi connectivity index (χ4v) is 3.33. The molecule has 88 valence electrons. The molecule has 3 heteroatoms. The maximum Gasteiger partial charge on any atom is 0.119 e. The van der Waals surface area contributed by atoms with E-state index in [0.717, 1.165) is 18.0 Å². The van der Waals surface area contributed by atoms with Gasteiger partial charge in [0.05, 0.1) is 7.11 Å². The number of thioether (sulfide) groups is 1. The molecule has 1 aliphatic rings. The summed E-state index contributed by atoms with van der Waals surface area (Å²) in [4.78, 5) is 0. The van der Waals surface area contributed by atoms with E-state index in [1.54, 1.807) is 7.11 Å². The standard InChI is InChI=1S/C13H19NOS/c1-4-14-13-9(2)16-8-10-5-6-11(15-3)7-12(10)13/h5-7,9,13-14H,4,8H2,1-3H3. The number of rotatable bonds is 3. The van der Waals surface area contributed by atoms with Crippen LogP contribution in [-0.2, 0) is 5.75 Å². The lowest BCUT2D eigenvalue weighted by molar-refractivity contribution is 0.412. The number of ether oxygens (including phenoxy) is 1. The van der Waals surface area contributed by atoms with E-state index in [1.807, 2.05) is 11.8 Å². The van der Waals surface area contributed by atoms with Gasteiger partial charge in [0.15, 0.2) is 0 Å². The second-order valence-electron chi connectivity index (χ2n) is 4.12. The third-order valence-electron chi connectivity index (χ3n) is 3.08. The zero-order valence-electron chi connectivity index (χ0n) is 10.1. The van der Waals surface area contributed by atoms with Crippen molar-refractivity contribution in [2.75, 3.05) is 13.7 Å². The fourth-order valence-electron chi connectivity index (χ4n) is 2.19. The first-order chi connectivity index (χ1) is 7.76. The van der Waals surface area contributed by atoms with Gasteiger partial charge in [-0.1, -0.05) is 19.9 Å². The molecular weight excluding hydrogens is 218 g/mol. The Hall–Kier alpha value is -0.670. The first kappa shape index (κ1) is 11.8. The van der Waals surface area contributed by atoms with Gasteiger partial charge in [0.1, 0.15) is 5.75 Å². The normalized spacial score (nSPS) is 23.9. The molecule has 2 atom stereocenters. The molecule has 0 spiro atoms. The average molecular weight is 237 g/mol. The van der Waals surface area contributed by atoms with Crippen LogP contribution in [0.25, 0.3) is 0 Å². The molecule has 2 unspecified atom stereocenters. The highest BCUT2D eigenvalue weighted by atomic mass is 32.2. The summed E-state index contributed by atoms with van der Waals surface area (Å²) in [6, 6.07) is 6.88. The van der Waals surface area contributed by atoms with E-state index in [4.69, 9.17) is 4.74 Å². The molecule has 2 nitrogen and oxygen atoms in total. The Morgan fingerprint density at radius 3 is 3.00 bits per heavy atom. The van der Waals surface area contributed by atoms with E-state index < -0.39 is 0 Å². The van der Waals surface area contributed by atoms with Crippen molar-refractivity contribution >= 4 is 11.8 Å². The Kier molecular flexibility index (Phi) is 3.77. The van der Waals surface area contributed by atoms with Gasteiger partial charge in [-0.3, -0.25) is 0 Å². The zero-order valence-corrected chi connectivity index (χ0v) is 10.9. The molecule has 16 heavy (non-hydrogen) atoms. The highest BCUT2D eigenvalue weighted by Crippen LogP contribution is 2.38. The molecule has 0 aliphatic carbocycles. The minimum atomic E-state index is 0.453. The van der Waals surface area contributed by atoms with Crippen LogP contribution in [0, 0.1) is 0 Å². The van der Waals surface area contributed by atoms with Crippen molar-refractivity contribution in [3.05, 3.63) is 29.3 Å². The molecule has 1 aromatic rings. The number of hydrogen-bond donors (Lipinski definition) is 1. The van der Waals surface area contributed by atoms with Gasteiger partial charge in [0.2, 0.25) is 0 Å². The molecule has 1 N–H and O–H groups in total. The second-order valence-corrected chi connectivity index (χ2v) is 5.48. The minimum Gasteiger partial charge on any atom is -0.497 e. The molecule has 2 rings (SSSR count). The Bertz CT molecular complexity index is 367. The molecule has 0 saturated carbocycles. The van der Waals surface area contributed by atoms with Crippen molar-refractivity contribution in [3.63, 3.8) is 0 Å². The van der Waals surface area contributed by atoms with Gasteiger partial charge < -0.3 is 10.1 Å². The van der Waals surface area contributed by atoms with Crippen LogP contribution in [0.3, 0.4) is 0 Å². The largest absolute Gasteiger partial charge is 0.497 e. The van der Waals surface area contributed by atoms with E-state index in [-0.39, 0.29) is 0 Å². The topological polar surface area (TPSA) is 21.3 Å². The Balaban J connectivity index is 2.35. The number of methoxy groups -OCH3 is 1. The summed E-state index contributed by atoms with van der Waals surface area (Å²) in [5.41, 5.74) is 2.85. The average Bonchev–Trinajstić information content (AvgIpc) is 2.32. The SMILES string of the molecule is CCNC1c2cc(OC)ccc2CSC1C. The summed E-state index contributed by atoms with van der Waals surface area (Å²) in [5.74, 6) is 2.07. The van der Waals surface area contributed by atoms with Crippen molar-refractivity contribution in [3.8, 4) is 5.75 Å². The van der Waals surface area contributed by atoms with Crippen LogP contribution in [0.15, 0.2) is 18.2 Å². The van der Waals surface area contributed by atoms with Crippen LogP contribution in [0.5, 0.6) is 5.75 Å². The molecule has 0 amide bonds. The van der Waals surface area contributed by atoms with E-state index in [1.165, 1.54) is 11.1 Å². The molecule has 1 heterocycles. The van der Waals surface area contributed by atoms with Crippen molar-refractivity contribution in [2.45, 2.75) is 30.9 Å². The van der Waals surface area contributed by atoms with Gasteiger partial charge in [-0.15, -0.1) is 0 Å². The Morgan fingerprint density at radius 1 is 1.50 bits per heavy atom. The summed E-state index contributed by atoms with van der Waals surface area (Å²) in [5, 5.41) is 4.19. The summed E-state index contributed by atoms with van der Waals surface area (Å²) in [6.07, 6.45) is 0. The van der Waals surface area contributed by atoms with Gasteiger partial charge in [-0.05, 0) is 29.8 Å². The Morgan fingerprint density at radius 2 is 2.31 bits per heavy atom. The summed E-state index contributed by atoms with van der Waals surface area (Å²) >= 11 is 2.02. The first-order valence-corrected chi connectivity index (χ1v) is 6.83. The molecule has 0 radical (unpaired) electrons. The van der Waals surface area contributed by atoms with Gasteiger partial charge in [-0.25, -0.2) is 0 Å². The monoisotopic (exact) mass is 237 g/mol. The summed E-state index contributed by atoms with van der Waals surface area (Å²) < 4.78 is 5.31. The lowest BCUT2D eigenvalue weighted by Gasteiger charge is -2.31. The van der Waals surface area contributed by atoms with E-state index in [9.17, 15) is 0 Å². The predicted molar refractivity (Wildman–Crippen MR) is 70.2 cm³/mol. The van der Waals surface area contributed by atoms with Crippen molar-refractivity contribution in [1.29, 1.82) is 0 Å². The van der Waals surface area contributed by atoms with Gasteiger partial charge in [-0.2, -0.15) is 11.8 Å². The molecule has 0 aromatic heterocycles. The predicted octanol–water partition coefficient (Wildman–Crippen LogP) is 2.98. The van der Waals surface area contributed by atoms with Crippen molar-refractivity contribution < 1.29 is 4.74 Å². The van der Waals surface area contributed by atoms with Crippen LogP contribution in [0.4, 0.5) is 0 Å². The van der Waals surface area contributed by atoms with E-state index >= 15 is 0 Å². The third kappa shape index (κ3) is 2.20. The fraction of sp³-hybridized carbons (Fsp3) is 0.538. The van der Waals surface area contributed by atoms with Gasteiger partial charge in [0, 0.05) is 17.0 Å². The lowest BCUT2D eigenvalue weighted by Crippen LogP contribution is -2.31. The molecule has 1 aliphatic heterocycles. The van der Waals surface area contributed by atoms with Gasteiger partial charge >= 0.3 is 0 Å². The maximum absolute atomic E-state index is 5.31. The number of benzene rings is 1. The van der Waals surface area contributed by atoms with E-state index in [0.29, 0.717) is 11.3 Å². The molecule has 1 aromatic carbocycles. The zero-order chi connectivity index (χ0) is 11.5. The van der Waals surface area contributed by atoms with Crippen LogP contribution >= 0.6 is 11.8 Å². The van der Waals surface area contributed by atoms with Crippen molar-refractivity contribution in [1.82, 2.24) is 5.32 Å². The number of fused-ring (bicyclic) bond motifs is 1. The second kappa shape index (κ2) is 5.11. The minimum absolute atomic E-state index is 0.453. The van der Waals surface area contributed by atoms with Crippen molar-refractivity contribution in [2.24, 2.45) is 0 Å². The lowest BCUT2D eigenvalue weighted by atomic mass is 9.98. The number of hydrogen-bond acceptors (Lipinski definition) is 3. The third-order valence-corrected chi connectivity index (χ3v) is 4.36. The smallest absolute Gasteiger partial charge is 0.119 e. The van der Waals surface area contributed by atoms with Gasteiger partial charge in [0.25, 0.3) is 0 Å². The van der Waals surface area contributed by atoms with Crippen LogP contribution in [0.2, 0.25) is 0 Å². The van der Waals surface area contributed by atoms with E-state index in [2.05, 4.69) is 37.4 Å². The quantitative estimate of drug-likeness (QED) is 0.873. The molecule has 0 fully saturated rings. The summed E-state index contributed by atoms with van der Waals surface area (Å²) in [6.45, 7) is 5.46. The number of nitrogens with one attached hydrogen (secondary N) is 1. The Labute approximate surface area is 102 Å². The summed E-state index contributed by atoms with van der Waals surface area (Å²) in [7, 11) is 1.73. The first-order valence-electron chi connectivity index (χ1n) is 5.78.